The van der Waals surface area contributed by atoms with Crippen molar-refractivity contribution in [3.05, 3.63) is 59.1 Å². The molecule has 0 amide bonds. The van der Waals surface area contributed by atoms with Crippen molar-refractivity contribution in [1.82, 2.24) is 0 Å². The van der Waals surface area contributed by atoms with Crippen molar-refractivity contribution >= 4 is 46.5 Å². The molecule has 156 valence electrons. The number of fused-ring (bicyclic) bond motifs is 1. The van der Waals surface area contributed by atoms with Crippen molar-refractivity contribution in [2.75, 3.05) is 14.2 Å². The molecule has 0 aliphatic heterocycles. The number of rotatable bonds is 6. The number of aliphatic hydroxyl groups is 2. The van der Waals surface area contributed by atoms with E-state index in [0.29, 0.717) is 11.4 Å². The van der Waals surface area contributed by atoms with E-state index in [0.717, 1.165) is 10.8 Å². The van der Waals surface area contributed by atoms with Crippen LogP contribution in [0.4, 0.5) is 11.4 Å². The van der Waals surface area contributed by atoms with Crippen molar-refractivity contribution in [2.45, 2.75) is 13.8 Å². The lowest BCUT2D eigenvalue weighted by Gasteiger charge is -2.06. The number of aliphatic imine (C=N–C) groups is 2. The molecule has 0 saturated carbocycles. The van der Waals surface area contributed by atoms with Crippen LogP contribution in [0.5, 0.6) is 0 Å². The van der Waals surface area contributed by atoms with Crippen LogP contribution in [0.1, 0.15) is 13.8 Å². The fourth-order valence-corrected chi connectivity index (χ4v) is 2.50. The van der Waals surface area contributed by atoms with E-state index in [4.69, 9.17) is 0 Å². The molecule has 0 unspecified atom stereocenters. The molecule has 2 rings (SSSR count). The van der Waals surface area contributed by atoms with Crippen LogP contribution in [0, 0.1) is 0 Å². The van der Waals surface area contributed by atoms with E-state index in [1.165, 1.54) is 40.5 Å². The van der Waals surface area contributed by atoms with E-state index in [1.807, 2.05) is 24.3 Å². The van der Waals surface area contributed by atoms with Crippen LogP contribution in [0.25, 0.3) is 10.8 Å². The van der Waals surface area contributed by atoms with Crippen molar-refractivity contribution < 1.29 is 29.3 Å². The minimum atomic E-state index is -0.739. The first kappa shape index (κ1) is 22.4. The molecule has 0 aliphatic carbocycles. The Morgan fingerprint density at radius 2 is 1.17 bits per heavy atom. The highest BCUT2D eigenvalue weighted by molar-refractivity contribution is 6.12. The summed E-state index contributed by atoms with van der Waals surface area (Å²) in [6, 6.07) is 11.0. The lowest BCUT2D eigenvalue weighted by Crippen LogP contribution is -2.08. The fraction of sp³-hybridized carbons (Fsp3) is 0.182. The maximum atomic E-state index is 11.8. The monoisotopic (exact) mass is 410 g/mol. The minimum absolute atomic E-state index is 0.109. The maximum Gasteiger partial charge on any atom is 0.342 e. The zero-order valence-electron chi connectivity index (χ0n) is 17.0. The zero-order chi connectivity index (χ0) is 22.3. The highest BCUT2D eigenvalue weighted by atomic mass is 16.5. The number of aliphatic hydroxyl groups excluding tert-OH is 2. The Morgan fingerprint density at radius 3 is 1.47 bits per heavy atom. The van der Waals surface area contributed by atoms with Gasteiger partial charge in [-0.2, -0.15) is 0 Å². The Kier molecular flexibility index (Phi) is 7.46. The number of carbonyl (C=O) groups is 2. The first-order chi connectivity index (χ1) is 14.3. The summed E-state index contributed by atoms with van der Waals surface area (Å²) in [6.07, 6.45) is 2.36. The fourth-order valence-electron chi connectivity index (χ4n) is 2.50. The van der Waals surface area contributed by atoms with Crippen molar-refractivity contribution in [3.8, 4) is 0 Å². The molecule has 0 fully saturated rings. The van der Waals surface area contributed by atoms with Crippen molar-refractivity contribution in [1.29, 1.82) is 0 Å². The van der Waals surface area contributed by atoms with Crippen LogP contribution >= 0.6 is 0 Å². The van der Waals surface area contributed by atoms with Gasteiger partial charge in [-0.05, 0) is 36.8 Å². The van der Waals surface area contributed by atoms with Crippen LogP contribution < -0.4 is 0 Å². The molecule has 30 heavy (non-hydrogen) atoms. The van der Waals surface area contributed by atoms with Crippen molar-refractivity contribution in [3.63, 3.8) is 0 Å². The van der Waals surface area contributed by atoms with E-state index < -0.39 is 11.9 Å². The molecule has 0 aliphatic rings. The lowest BCUT2D eigenvalue weighted by molar-refractivity contribution is -0.136. The molecular weight excluding hydrogens is 388 g/mol. The number of methoxy groups -OCH3 is 2. The standard InChI is InChI=1S/C22H22N2O6/c1-13(25)17(21(27)29-3)11-23-19-9-15-7-5-6-8-16(15)10-20(19)24-12-18(14(2)26)22(28)30-4/h5-12,25-26H,1-4H3/b17-13+,18-14+,23-11?,24-12?. The molecule has 0 spiro atoms. The third kappa shape index (κ3) is 5.32. The van der Waals surface area contributed by atoms with Gasteiger partial charge in [-0.25, -0.2) is 9.59 Å². The van der Waals surface area contributed by atoms with E-state index >= 15 is 0 Å². The number of hydrogen-bond donors (Lipinski definition) is 2. The van der Waals surface area contributed by atoms with E-state index in [-0.39, 0.29) is 22.7 Å². The van der Waals surface area contributed by atoms with Crippen LogP contribution in [0.15, 0.2) is 69.0 Å². The first-order valence-corrected chi connectivity index (χ1v) is 8.85. The van der Waals surface area contributed by atoms with E-state index in [2.05, 4.69) is 19.5 Å². The summed E-state index contributed by atoms with van der Waals surface area (Å²) in [5.74, 6) is -1.97. The molecule has 2 N–H and O–H groups in total. The van der Waals surface area contributed by atoms with Crippen LogP contribution in [-0.4, -0.2) is 48.8 Å². The smallest absolute Gasteiger partial charge is 0.342 e. The Bertz CT molecular complexity index is 1000. The number of allylic oxidation sites excluding steroid dienone is 2. The molecule has 0 heterocycles. The van der Waals surface area contributed by atoms with Gasteiger partial charge in [0.05, 0.1) is 25.6 Å². The summed E-state index contributed by atoms with van der Waals surface area (Å²) in [6.45, 7) is 2.68. The average Bonchev–Trinajstić information content (AvgIpc) is 2.72. The SMILES string of the molecule is COC(=O)/C(C=Nc1cc2ccccc2cc1N=C/C(C(=O)OC)=C(/C)O)=C(\C)O. The van der Waals surface area contributed by atoms with E-state index in [1.54, 1.807) is 12.1 Å². The average molecular weight is 410 g/mol. The van der Waals surface area contributed by atoms with Gasteiger partial charge in [0.2, 0.25) is 0 Å². The number of nitrogens with zero attached hydrogens (tertiary/aromatic N) is 2. The number of ether oxygens (including phenoxy) is 2. The highest BCUT2D eigenvalue weighted by Gasteiger charge is 2.13. The van der Waals surface area contributed by atoms with Gasteiger partial charge in [0, 0.05) is 12.4 Å². The second kappa shape index (κ2) is 10.0. The summed E-state index contributed by atoms with van der Waals surface area (Å²) in [5.41, 5.74) is 0.517. The molecule has 2 aromatic rings. The second-order valence-corrected chi connectivity index (χ2v) is 6.19. The molecule has 8 nitrogen and oxygen atoms in total. The summed E-state index contributed by atoms with van der Waals surface area (Å²) in [5, 5.41) is 21.2. The number of hydrogen-bond acceptors (Lipinski definition) is 8. The number of esters is 2. The van der Waals surface area contributed by atoms with Crippen LogP contribution in [-0.2, 0) is 19.1 Å². The molecule has 0 bridgehead atoms. The Morgan fingerprint density at radius 1 is 0.800 bits per heavy atom. The van der Waals surface area contributed by atoms with E-state index in [9.17, 15) is 19.8 Å². The summed E-state index contributed by atoms with van der Waals surface area (Å²) < 4.78 is 9.29. The van der Waals surface area contributed by atoms with Gasteiger partial charge >= 0.3 is 11.9 Å². The first-order valence-electron chi connectivity index (χ1n) is 8.85. The third-order valence-electron chi connectivity index (χ3n) is 4.10. The summed E-state index contributed by atoms with van der Waals surface area (Å²) >= 11 is 0. The molecule has 2 aromatic carbocycles. The van der Waals surface area contributed by atoms with Gasteiger partial charge in [-0.3, -0.25) is 9.98 Å². The normalized spacial score (nSPS) is 13.3. The number of carbonyl (C=O) groups excluding carboxylic acids is 2. The Hall–Kier alpha value is -3.94. The summed E-state index contributed by atoms with van der Waals surface area (Å²) in [4.78, 5) is 32.2. The number of benzene rings is 2. The quantitative estimate of drug-likeness (QED) is 0.318. The maximum absolute atomic E-state index is 11.8. The van der Waals surface area contributed by atoms with Gasteiger partial charge in [0.25, 0.3) is 0 Å². The molecule has 0 saturated heterocycles. The Balaban J connectivity index is 2.61. The minimum Gasteiger partial charge on any atom is -0.512 e. The van der Waals surface area contributed by atoms with Gasteiger partial charge in [0.15, 0.2) is 0 Å². The highest BCUT2D eigenvalue weighted by Crippen LogP contribution is 2.33. The Labute approximate surface area is 173 Å². The molecule has 0 atom stereocenters. The second-order valence-electron chi connectivity index (χ2n) is 6.19. The molecule has 0 radical (unpaired) electrons. The van der Waals surface area contributed by atoms with Gasteiger partial charge in [-0.1, -0.05) is 24.3 Å². The van der Waals surface area contributed by atoms with Gasteiger partial charge in [0.1, 0.15) is 22.7 Å². The zero-order valence-corrected chi connectivity index (χ0v) is 17.0. The predicted octanol–water partition coefficient (Wildman–Crippen LogP) is 4.25. The lowest BCUT2D eigenvalue weighted by atomic mass is 10.1. The molecule has 8 heteroatoms. The van der Waals surface area contributed by atoms with Crippen LogP contribution in [0.3, 0.4) is 0 Å². The third-order valence-corrected chi connectivity index (χ3v) is 4.10. The van der Waals surface area contributed by atoms with Gasteiger partial charge in [-0.15, -0.1) is 0 Å². The van der Waals surface area contributed by atoms with Gasteiger partial charge < -0.3 is 19.7 Å². The summed E-state index contributed by atoms with van der Waals surface area (Å²) in [7, 11) is 2.39. The predicted molar refractivity (Wildman–Crippen MR) is 115 cm³/mol. The largest absolute Gasteiger partial charge is 0.512 e. The topological polar surface area (TPSA) is 118 Å². The van der Waals surface area contributed by atoms with Crippen molar-refractivity contribution in [2.24, 2.45) is 9.98 Å². The molecule has 0 aromatic heterocycles. The molecular formula is C22H22N2O6. The van der Waals surface area contributed by atoms with Crippen LogP contribution in [0.2, 0.25) is 0 Å².